The highest BCUT2D eigenvalue weighted by atomic mass is 35.5. The topological polar surface area (TPSA) is 22.1 Å². The minimum Gasteiger partial charge on any atom is -0.488 e. The van der Waals surface area contributed by atoms with Crippen molar-refractivity contribution in [2.24, 2.45) is 0 Å². The highest BCUT2D eigenvalue weighted by Gasteiger charge is 2.07. The zero-order valence-corrected chi connectivity index (χ0v) is 11.4. The minimum absolute atomic E-state index is 0.455. The SMILES string of the molecule is CC(C)c1ccccc1OCc1cnc(Cl)s1. The van der Waals surface area contributed by atoms with Gasteiger partial charge in [0, 0.05) is 6.20 Å². The van der Waals surface area contributed by atoms with E-state index in [4.69, 9.17) is 16.3 Å². The number of hydrogen-bond donors (Lipinski definition) is 0. The molecule has 0 aliphatic carbocycles. The molecule has 0 saturated heterocycles. The number of hydrogen-bond acceptors (Lipinski definition) is 3. The van der Waals surface area contributed by atoms with Gasteiger partial charge in [-0.1, -0.05) is 43.6 Å². The molecule has 0 spiro atoms. The van der Waals surface area contributed by atoms with Crippen LogP contribution in [0.25, 0.3) is 0 Å². The Morgan fingerprint density at radius 2 is 2.12 bits per heavy atom. The van der Waals surface area contributed by atoms with Gasteiger partial charge in [0.05, 0.1) is 4.88 Å². The van der Waals surface area contributed by atoms with E-state index in [0.717, 1.165) is 10.6 Å². The third-order valence-electron chi connectivity index (χ3n) is 2.44. The van der Waals surface area contributed by atoms with E-state index in [9.17, 15) is 0 Å². The van der Waals surface area contributed by atoms with E-state index in [1.165, 1.54) is 16.9 Å². The summed E-state index contributed by atoms with van der Waals surface area (Å²) in [6, 6.07) is 8.12. The highest BCUT2D eigenvalue weighted by molar-refractivity contribution is 7.15. The van der Waals surface area contributed by atoms with Gasteiger partial charge in [0.2, 0.25) is 0 Å². The molecule has 0 atom stereocenters. The maximum atomic E-state index is 5.81. The van der Waals surface area contributed by atoms with Gasteiger partial charge in [0.1, 0.15) is 12.4 Å². The van der Waals surface area contributed by atoms with E-state index in [2.05, 4.69) is 24.9 Å². The van der Waals surface area contributed by atoms with Crippen LogP contribution in [-0.2, 0) is 6.61 Å². The van der Waals surface area contributed by atoms with Gasteiger partial charge < -0.3 is 4.74 Å². The number of rotatable bonds is 4. The summed E-state index contributed by atoms with van der Waals surface area (Å²) in [4.78, 5) is 5.03. The minimum atomic E-state index is 0.455. The van der Waals surface area contributed by atoms with Crippen LogP contribution >= 0.6 is 22.9 Å². The van der Waals surface area contributed by atoms with Crippen molar-refractivity contribution in [2.75, 3.05) is 0 Å². The molecule has 1 aromatic heterocycles. The molecule has 0 fully saturated rings. The van der Waals surface area contributed by atoms with Crippen molar-refractivity contribution in [3.05, 3.63) is 45.4 Å². The molecular weight excluding hydrogens is 254 g/mol. The van der Waals surface area contributed by atoms with E-state index in [-0.39, 0.29) is 0 Å². The first-order valence-corrected chi connectivity index (χ1v) is 6.68. The third kappa shape index (κ3) is 3.20. The lowest BCUT2D eigenvalue weighted by Gasteiger charge is -2.12. The van der Waals surface area contributed by atoms with Crippen molar-refractivity contribution < 1.29 is 4.74 Å². The van der Waals surface area contributed by atoms with Crippen molar-refractivity contribution in [3.8, 4) is 5.75 Å². The van der Waals surface area contributed by atoms with Crippen molar-refractivity contribution in [3.63, 3.8) is 0 Å². The first-order valence-electron chi connectivity index (χ1n) is 5.48. The summed E-state index contributed by atoms with van der Waals surface area (Å²) in [6.45, 7) is 4.84. The average molecular weight is 268 g/mol. The summed E-state index contributed by atoms with van der Waals surface area (Å²) in [5.41, 5.74) is 1.23. The number of nitrogens with zero attached hydrogens (tertiary/aromatic N) is 1. The van der Waals surface area contributed by atoms with Gasteiger partial charge in [-0.2, -0.15) is 0 Å². The molecule has 0 saturated carbocycles. The van der Waals surface area contributed by atoms with Crippen LogP contribution in [0.3, 0.4) is 0 Å². The van der Waals surface area contributed by atoms with Crippen LogP contribution in [0.15, 0.2) is 30.5 Å². The zero-order valence-electron chi connectivity index (χ0n) is 9.81. The van der Waals surface area contributed by atoms with Crippen LogP contribution < -0.4 is 4.74 Å². The normalized spacial score (nSPS) is 10.8. The molecule has 17 heavy (non-hydrogen) atoms. The number of aromatic nitrogens is 1. The molecule has 0 N–H and O–H groups in total. The van der Waals surface area contributed by atoms with Crippen molar-refractivity contribution in [1.29, 1.82) is 0 Å². The maximum absolute atomic E-state index is 5.81. The summed E-state index contributed by atoms with van der Waals surface area (Å²) in [6.07, 6.45) is 1.75. The highest BCUT2D eigenvalue weighted by Crippen LogP contribution is 2.27. The number of benzene rings is 1. The van der Waals surface area contributed by atoms with Crippen molar-refractivity contribution in [2.45, 2.75) is 26.4 Å². The molecule has 2 rings (SSSR count). The van der Waals surface area contributed by atoms with Crippen LogP contribution in [0.1, 0.15) is 30.2 Å². The molecule has 0 aliphatic rings. The fourth-order valence-electron chi connectivity index (χ4n) is 1.59. The van der Waals surface area contributed by atoms with Gasteiger partial charge in [0.15, 0.2) is 4.47 Å². The second-order valence-electron chi connectivity index (χ2n) is 4.06. The summed E-state index contributed by atoms with van der Waals surface area (Å²) in [5.74, 6) is 1.39. The Morgan fingerprint density at radius 3 is 2.76 bits per heavy atom. The lowest BCUT2D eigenvalue weighted by atomic mass is 10.0. The third-order valence-corrected chi connectivity index (χ3v) is 3.52. The molecule has 1 aromatic carbocycles. The van der Waals surface area contributed by atoms with Crippen LogP contribution in [0.4, 0.5) is 0 Å². The van der Waals surface area contributed by atoms with E-state index in [1.54, 1.807) is 6.20 Å². The zero-order chi connectivity index (χ0) is 12.3. The number of thiazole rings is 1. The number of halogens is 1. The van der Waals surface area contributed by atoms with E-state index in [1.807, 2.05) is 18.2 Å². The second-order valence-corrected chi connectivity index (χ2v) is 5.76. The molecule has 4 heteroatoms. The molecule has 0 amide bonds. The Labute approximate surface area is 110 Å². The quantitative estimate of drug-likeness (QED) is 0.814. The average Bonchev–Trinajstić information content (AvgIpc) is 2.73. The Morgan fingerprint density at radius 1 is 1.35 bits per heavy atom. The van der Waals surface area contributed by atoms with Gasteiger partial charge in [-0.05, 0) is 17.5 Å². The lowest BCUT2D eigenvalue weighted by molar-refractivity contribution is 0.305. The van der Waals surface area contributed by atoms with Gasteiger partial charge >= 0.3 is 0 Å². The molecule has 2 aromatic rings. The lowest BCUT2D eigenvalue weighted by Crippen LogP contribution is -1.98. The predicted molar refractivity (Wildman–Crippen MR) is 72.0 cm³/mol. The number of para-hydroxylation sites is 1. The van der Waals surface area contributed by atoms with Gasteiger partial charge in [-0.15, -0.1) is 11.3 Å². The second kappa shape index (κ2) is 5.52. The standard InChI is InChI=1S/C13H14ClNOS/c1-9(2)11-5-3-4-6-12(11)16-8-10-7-15-13(14)17-10/h3-7,9H,8H2,1-2H3. The molecule has 0 bridgehead atoms. The summed E-state index contributed by atoms with van der Waals surface area (Å²) >= 11 is 7.23. The molecule has 2 nitrogen and oxygen atoms in total. The fourth-order valence-corrected chi connectivity index (χ4v) is 2.48. The summed E-state index contributed by atoms with van der Waals surface area (Å²) < 4.78 is 6.37. The molecule has 0 aliphatic heterocycles. The maximum Gasteiger partial charge on any atom is 0.183 e. The summed E-state index contributed by atoms with van der Waals surface area (Å²) in [5, 5.41) is 0. The first kappa shape index (κ1) is 12.4. The van der Waals surface area contributed by atoms with Crippen LogP contribution in [-0.4, -0.2) is 4.98 Å². The Balaban J connectivity index is 2.08. The molecule has 0 unspecified atom stereocenters. The van der Waals surface area contributed by atoms with E-state index >= 15 is 0 Å². The van der Waals surface area contributed by atoms with Crippen LogP contribution in [0.5, 0.6) is 5.75 Å². The Bertz CT molecular complexity index is 496. The van der Waals surface area contributed by atoms with Gasteiger partial charge in [-0.25, -0.2) is 4.98 Å². The molecular formula is C13H14ClNOS. The van der Waals surface area contributed by atoms with E-state index in [0.29, 0.717) is 17.0 Å². The predicted octanol–water partition coefficient (Wildman–Crippen LogP) is 4.50. The monoisotopic (exact) mass is 267 g/mol. The molecule has 1 heterocycles. The molecule has 0 radical (unpaired) electrons. The first-order chi connectivity index (χ1) is 8.16. The fraction of sp³-hybridized carbons (Fsp3) is 0.308. The Kier molecular flexibility index (Phi) is 4.02. The summed E-state index contributed by atoms with van der Waals surface area (Å²) in [7, 11) is 0. The molecule has 90 valence electrons. The largest absolute Gasteiger partial charge is 0.488 e. The smallest absolute Gasteiger partial charge is 0.183 e. The number of ether oxygens (including phenoxy) is 1. The van der Waals surface area contributed by atoms with E-state index < -0.39 is 0 Å². The van der Waals surface area contributed by atoms with Gasteiger partial charge in [-0.3, -0.25) is 0 Å². The van der Waals surface area contributed by atoms with Crippen molar-refractivity contribution in [1.82, 2.24) is 4.98 Å². The van der Waals surface area contributed by atoms with Crippen molar-refractivity contribution >= 4 is 22.9 Å². The van der Waals surface area contributed by atoms with Crippen LogP contribution in [0, 0.1) is 0 Å². The Hall–Kier alpha value is -1.06. The van der Waals surface area contributed by atoms with Gasteiger partial charge in [0.25, 0.3) is 0 Å². The van der Waals surface area contributed by atoms with Crippen LogP contribution in [0.2, 0.25) is 4.47 Å².